The van der Waals surface area contributed by atoms with Gasteiger partial charge in [0, 0.05) is 13.5 Å². The highest BCUT2D eigenvalue weighted by atomic mass is 16.6. The van der Waals surface area contributed by atoms with Crippen LogP contribution in [-0.2, 0) is 14.3 Å². The van der Waals surface area contributed by atoms with E-state index in [9.17, 15) is 9.59 Å². The van der Waals surface area contributed by atoms with E-state index in [1.165, 1.54) is 6.92 Å². The van der Waals surface area contributed by atoms with Crippen molar-refractivity contribution in [1.82, 2.24) is 5.32 Å². The third-order valence-corrected chi connectivity index (χ3v) is 1.87. The second-order valence-corrected chi connectivity index (χ2v) is 2.96. The first-order chi connectivity index (χ1) is 5.70. The predicted molar refractivity (Wildman–Crippen MR) is 42.4 cm³/mol. The smallest absolute Gasteiger partial charge is 0.317 e. The van der Waals surface area contributed by atoms with Crippen molar-refractivity contribution in [3.63, 3.8) is 0 Å². The molecule has 68 valence electrons. The Bertz CT molecular complexity index is 185. The number of esters is 2. The van der Waals surface area contributed by atoms with Crippen molar-refractivity contribution in [3.8, 4) is 0 Å². The highest BCUT2D eigenvalue weighted by molar-refractivity contribution is 5.85. The number of ether oxygens (including phenoxy) is 1. The summed E-state index contributed by atoms with van der Waals surface area (Å²) in [6.45, 7) is 2.82. The number of nitrogens with one attached hydrogen (secondary N) is 1. The zero-order valence-electron chi connectivity index (χ0n) is 7.13. The third-order valence-electron chi connectivity index (χ3n) is 1.87. The van der Waals surface area contributed by atoms with Crippen LogP contribution in [0.5, 0.6) is 0 Å². The summed E-state index contributed by atoms with van der Waals surface area (Å²) < 4.78 is 4.47. The molecule has 1 heterocycles. The molecule has 0 aromatic carbocycles. The van der Waals surface area contributed by atoms with E-state index in [2.05, 4.69) is 10.1 Å². The second-order valence-electron chi connectivity index (χ2n) is 2.96. The number of carbonyl (C=O) groups excluding carboxylic acids is 2. The van der Waals surface area contributed by atoms with E-state index < -0.39 is 11.9 Å². The van der Waals surface area contributed by atoms with Crippen molar-refractivity contribution in [3.05, 3.63) is 0 Å². The van der Waals surface area contributed by atoms with Gasteiger partial charge < -0.3 is 10.1 Å². The highest BCUT2D eigenvalue weighted by Gasteiger charge is 2.23. The lowest BCUT2D eigenvalue weighted by Crippen LogP contribution is -2.35. The van der Waals surface area contributed by atoms with E-state index in [-0.39, 0.29) is 5.92 Å². The standard InChI is InChI=1S/C8H13NO3/c1-6(10)12-8(11)7-3-2-4-9-5-7/h7,9H,2-5H2,1H3. The first kappa shape index (κ1) is 9.19. The molecular formula is C8H13NO3. The molecule has 0 radical (unpaired) electrons. The molecule has 0 spiro atoms. The molecular weight excluding hydrogens is 158 g/mol. The Morgan fingerprint density at radius 1 is 1.50 bits per heavy atom. The Kier molecular flexibility index (Phi) is 3.22. The van der Waals surface area contributed by atoms with Gasteiger partial charge in [-0.05, 0) is 19.4 Å². The van der Waals surface area contributed by atoms with Crippen molar-refractivity contribution in [2.75, 3.05) is 13.1 Å². The van der Waals surface area contributed by atoms with E-state index >= 15 is 0 Å². The van der Waals surface area contributed by atoms with Gasteiger partial charge in [-0.25, -0.2) is 0 Å². The van der Waals surface area contributed by atoms with E-state index in [1.807, 2.05) is 0 Å². The molecule has 1 atom stereocenters. The molecule has 0 saturated carbocycles. The fraction of sp³-hybridized carbons (Fsp3) is 0.750. The summed E-state index contributed by atoms with van der Waals surface area (Å²) in [6.07, 6.45) is 1.79. The molecule has 0 aliphatic carbocycles. The molecule has 1 aliphatic heterocycles. The number of hydrogen-bond donors (Lipinski definition) is 1. The van der Waals surface area contributed by atoms with Crippen molar-refractivity contribution in [1.29, 1.82) is 0 Å². The Hall–Kier alpha value is -0.900. The minimum Gasteiger partial charge on any atom is -0.393 e. The molecule has 1 unspecified atom stereocenters. The van der Waals surface area contributed by atoms with Gasteiger partial charge in [-0.1, -0.05) is 0 Å². The largest absolute Gasteiger partial charge is 0.393 e. The Balaban J connectivity index is 2.34. The minimum absolute atomic E-state index is 0.136. The van der Waals surface area contributed by atoms with Crippen LogP contribution in [0.25, 0.3) is 0 Å². The summed E-state index contributed by atoms with van der Waals surface area (Å²) in [5, 5.41) is 3.08. The molecule has 4 nitrogen and oxygen atoms in total. The van der Waals surface area contributed by atoms with Gasteiger partial charge in [-0.3, -0.25) is 9.59 Å². The summed E-state index contributed by atoms with van der Waals surface area (Å²) in [7, 11) is 0. The first-order valence-corrected chi connectivity index (χ1v) is 4.13. The molecule has 0 aromatic heterocycles. The Morgan fingerprint density at radius 2 is 2.25 bits per heavy atom. The lowest BCUT2D eigenvalue weighted by atomic mass is 10.0. The predicted octanol–water partition coefficient (Wildman–Crippen LogP) is 0.0757. The second kappa shape index (κ2) is 4.21. The van der Waals surface area contributed by atoms with Crippen LogP contribution in [0.15, 0.2) is 0 Å². The SMILES string of the molecule is CC(=O)OC(=O)C1CCCNC1. The van der Waals surface area contributed by atoms with Crippen molar-refractivity contribution in [2.45, 2.75) is 19.8 Å². The van der Waals surface area contributed by atoms with Crippen LogP contribution in [-0.4, -0.2) is 25.0 Å². The van der Waals surface area contributed by atoms with Gasteiger partial charge in [0.2, 0.25) is 0 Å². The van der Waals surface area contributed by atoms with E-state index in [0.717, 1.165) is 19.4 Å². The van der Waals surface area contributed by atoms with Crippen LogP contribution >= 0.6 is 0 Å². The van der Waals surface area contributed by atoms with Gasteiger partial charge in [-0.15, -0.1) is 0 Å². The Labute approximate surface area is 71.3 Å². The summed E-state index contributed by atoms with van der Waals surface area (Å²) >= 11 is 0. The summed E-state index contributed by atoms with van der Waals surface area (Å²) in [6, 6.07) is 0. The summed E-state index contributed by atoms with van der Waals surface area (Å²) in [5.41, 5.74) is 0. The summed E-state index contributed by atoms with van der Waals surface area (Å²) in [5.74, 6) is -1.05. The maximum atomic E-state index is 11.1. The van der Waals surface area contributed by atoms with Gasteiger partial charge in [0.15, 0.2) is 0 Å². The lowest BCUT2D eigenvalue weighted by molar-refractivity contribution is -0.161. The van der Waals surface area contributed by atoms with Gasteiger partial charge in [0.1, 0.15) is 0 Å². The zero-order valence-corrected chi connectivity index (χ0v) is 7.13. The van der Waals surface area contributed by atoms with Crippen LogP contribution in [0.3, 0.4) is 0 Å². The fourth-order valence-corrected chi connectivity index (χ4v) is 1.28. The number of rotatable bonds is 1. The molecule has 1 aliphatic rings. The van der Waals surface area contributed by atoms with Crippen LogP contribution in [0, 0.1) is 5.92 Å². The van der Waals surface area contributed by atoms with Gasteiger partial charge >= 0.3 is 11.9 Å². The summed E-state index contributed by atoms with van der Waals surface area (Å²) in [4.78, 5) is 21.6. The molecule has 4 heteroatoms. The topological polar surface area (TPSA) is 55.4 Å². The van der Waals surface area contributed by atoms with Gasteiger partial charge in [0.05, 0.1) is 5.92 Å². The number of carbonyl (C=O) groups is 2. The van der Waals surface area contributed by atoms with Gasteiger partial charge in [-0.2, -0.15) is 0 Å². The number of hydrogen-bond acceptors (Lipinski definition) is 4. The third kappa shape index (κ3) is 2.62. The molecule has 12 heavy (non-hydrogen) atoms. The fourth-order valence-electron chi connectivity index (χ4n) is 1.28. The number of piperidine rings is 1. The zero-order chi connectivity index (χ0) is 8.97. The van der Waals surface area contributed by atoms with Crippen molar-refractivity contribution in [2.24, 2.45) is 5.92 Å². The lowest BCUT2D eigenvalue weighted by Gasteiger charge is -2.19. The maximum absolute atomic E-state index is 11.1. The van der Waals surface area contributed by atoms with E-state index in [1.54, 1.807) is 0 Å². The minimum atomic E-state index is -0.523. The van der Waals surface area contributed by atoms with Crippen LogP contribution < -0.4 is 5.32 Å². The molecule has 0 bridgehead atoms. The normalized spacial score (nSPS) is 23.2. The maximum Gasteiger partial charge on any atom is 0.317 e. The van der Waals surface area contributed by atoms with E-state index in [4.69, 9.17) is 0 Å². The first-order valence-electron chi connectivity index (χ1n) is 4.13. The average Bonchev–Trinajstić information content (AvgIpc) is 2.05. The molecule has 1 saturated heterocycles. The van der Waals surface area contributed by atoms with E-state index in [0.29, 0.717) is 6.54 Å². The monoisotopic (exact) mass is 171 g/mol. The van der Waals surface area contributed by atoms with Crippen molar-refractivity contribution < 1.29 is 14.3 Å². The quantitative estimate of drug-likeness (QED) is 0.448. The van der Waals surface area contributed by atoms with Crippen LogP contribution in [0.4, 0.5) is 0 Å². The highest BCUT2D eigenvalue weighted by Crippen LogP contribution is 2.11. The van der Waals surface area contributed by atoms with Crippen LogP contribution in [0.2, 0.25) is 0 Å². The molecule has 1 N–H and O–H groups in total. The molecule has 1 fully saturated rings. The van der Waals surface area contributed by atoms with Crippen molar-refractivity contribution >= 4 is 11.9 Å². The average molecular weight is 171 g/mol. The molecule has 0 amide bonds. The van der Waals surface area contributed by atoms with Gasteiger partial charge in [0.25, 0.3) is 0 Å². The molecule has 1 rings (SSSR count). The Morgan fingerprint density at radius 3 is 2.75 bits per heavy atom. The van der Waals surface area contributed by atoms with Crippen LogP contribution in [0.1, 0.15) is 19.8 Å². The molecule has 0 aromatic rings.